The van der Waals surface area contributed by atoms with Gasteiger partial charge in [0.05, 0.1) is 83.7 Å². The third-order valence-corrected chi connectivity index (χ3v) is 26.0. The van der Waals surface area contributed by atoms with Gasteiger partial charge in [0.2, 0.25) is 0 Å². The minimum atomic E-state index is -1.88. The zero-order chi connectivity index (χ0) is 84.3. The van der Waals surface area contributed by atoms with Crippen LogP contribution in [0.2, 0.25) is 0 Å². The van der Waals surface area contributed by atoms with Gasteiger partial charge >= 0.3 is 0 Å². The predicted octanol–water partition coefficient (Wildman–Crippen LogP) is -14.6. The lowest BCUT2D eigenvalue weighted by Gasteiger charge is -2.46. The maximum Gasteiger partial charge on any atom is 0.187 e. The molecule has 8 saturated heterocycles. The van der Waals surface area contributed by atoms with Gasteiger partial charge in [-0.05, 0) is 48.7 Å². The highest BCUT2D eigenvalue weighted by atomic mass is 32.2. The van der Waals surface area contributed by atoms with Gasteiger partial charge in [0.1, 0.15) is 193 Å². The summed E-state index contributed by atoms with van der Waals surface area (Å²) in [4.78, 5) is 0. The van der Waals surface area contributed by atoms with Gasteiger partial charge in [0, 0.05) is 50.3 Å². The predicted molar refractivity (Wildman–Crippen MR) is 396 cm³/mol. The van der Waals surface area contributed by atoms with Crippen LogP contribution < -0.4 is 10.6 Å². The molecule has 8 aliphatic heterocycles. The molecule has 49 heteroatoms. The van der Waals surface area contributed by atoms with Crippen molar-refractivity contribution in [1.82, 2.24) is 10.6 Å². The van der Waals surface area contributed by atoms with Gasteiger partial charge in [0.25, 0.3) is 0 Å². The Morgan fingerprint density at radius 1 is 0.330 bits per heavy atom. The van der Waals surface area contributed by atoms with Crippen LogP contribution in [-0.4, -0.2) is 508 Å². The number of thiocarbonyl (C=S) groups is 1. The molecule has 40 atom stereocenters. The fraction of sp³-hybridized carbons (Fsp3) is 0.985. The van der Waals surface area contributed by atoms with Gasteiger partial charge in [-0.3, -0.25) is 0 Å². The minimum Gasteiger partial charge on any atom is -0.394 e. The molecule has 0 aromatic heterocycles. The highest BCUT2D eigenvalue weighted by Gasteiger charge is 2.56. The second-order valence-electron chi connectivity index (χ2n) is 29.2. The molecule has 0 spiro atoms. The molecule has 8 heterocycles. The molecular formula is C66H118N2O42S5. The second-order valence-corrected chi connectivity index (χ2v) is 34.4. The zero-order valence-electron chi connectivity index (χ0n) is 62.6. The number of rotatable bonds is 43. The number of hydrogen-bond donors (Lipinski definition) is 29. The van der Waals surface area contributed by atoms with Crippen molar-refractivity contribution in [3.63, 3.8) is 0 Å². The number of hydrogen-bond acceptors (Lipinski definition) is 47. The molecule has 29 N–H and O–H groups in total. The molecule has 44 nitrogen and oxygen atoms in total. The fourth-order valence-electron chi connectivity index (χ4n) is 13.8. The number of aliphatic hydroxyl groups excluding tert-OH is 27. The Morgan fingerprint density at radius 3 is 0.965 bits per heavy atom. The van der Waals surface area contributed by atoms with Crippen LogP contribution in [-0.2, 0) is 71.1 Å². The van der Waals surface area contributed by atoms with Crippen molar-refractivity contribution in [3.05, 3.63) is 0 Å². The molecule has 0 aromatic carbocycles. The molecule has 8 rings (SSSR count). The smallest absolute Gasteiger partial charge is 0.187 e. The highest BCUT2D eigenvalue weighted by Crippen LogP contribution is 2.39. The van der Waals surface area contributed by atoms with Gasteiger partial charge in [-0.15, -0.1) is 35.3 Å². The highest BCUT2D eigenvalue weighted by molar-refractivity contribution is 8.00. The first-order valence-electron chi connectivity index (χ1n) is 37.8. The number of thioether (sulfide) groups is 4. The zero-order valence-corrected chi connectivity index (χ0v) is 66.7. The molecule has 0 bridgehead atoms. The van der Waals surface area contributed by atoms with Crippen LogP contribution in [0.5, 0.6) is 0 Å². The average Bonchev–Trinajstić information content (AvgIpc) is 0.799. The molecule has 16 unspecified atom stereocenters. The van der Waals surface area contributed by atoms with E-state index in [0.29, 0.717) is 5.75 Å². The Labute approximate surface area is 683 Å². The molecule has 115 heavy (non-hydrogen) atoms. The van der Waals surface area contributed by atoms with Crippen molar-refractivity contribution >= 4 is 64.4 Å². The van der Waals surface area contributed by atoms with Crippen molar-refractivity contribution in [1.29, 1.82) is 0 Å². The summed E-state index contributed by atoms with van der Waals surface area (Å²) >= 11 is 10.3. The Hall–Kier alpha value is -0.590. The van der Waals surface area contributed by atoms with Crippen LogP contribution >= 0.6 is 59.3 Å². The molecule has 0 aliphatic carbocycles. The molecule has 8 fully saturated rings. The lowest BCUT2D eigenvalue weighted by molar-refractivity contribution is -0.347. The number of nitrogens with one attached hydrogen (secondary N) is 2. The standard InChI is InChI=1S/C66H118N2O42S5/c1-25-33(103-58(46(88)34(25)76)107-53-29(16-72)99-57(95)45(87)41(53)83)20-112-12-5-67-65(111)68-21-66(22-96-6-2-9-113-62-50(92)42(84)54(30(17-73)104-62)108-59-47(89)38(80)35(77)26(13-69)100-59,23-97-7-3-10-114-63-51(93)43(85)55(31(18-74)105-63)109-60-48(90)39(81)36(78)27(14-70)101-60)24-98-8-4-11-115-64-52(94)44(86)56(32(19-75)106-64)110-61-49(91)40(82)37(79)28(15-71)102-61/h25-64,69-95H,2-24H2,1H3,(H2,67,68,111)/t25-,26?,27?,28?,29?,30?,31?,32?,33?,34-,35-,36-,37-,38-,39-,40-,41+,42+,43+,44+,45?,46?,47?,48?,49?,50?,51?,52?,53-,54-,55-,56-,57+,58-,59-,60-,61-,62-,63-,64-,66?/m0/s1. The van der Waals surface area contributed by atoms with E-state index in [1.54, 1.807) is 6.92 Å². The van der Waals surface area contributed by atoms with Crippen LogP contribution in [0.3, 0.4) is 0 Å². The molecule has 8 aliphatic rings. The van der Waals surface area contributed by atoms with E-state index in [0.717, 1.165) is 35.3 Å². The summed E-state index contributed by atoms with van der Waals surface area (Å²) in [5.41, 5.74) is -4.67. The summed E-state index contributed by atoms with van der Waals surface area (Å²) in [5.74, 6) is 0.562. The summed E-state index contributed by atoms with van der Waals surface area (Å²) in [6.07, 6.45) is -57.4. The van der Waals surface area contributed by atoms with E-state index in [4.69, 9.17) is 83.3 Å². The van der Waals surface area contributed by atoms with E-state index in [1.807, 2.05) is 0 Å². The Morgan fingerprint density at radius 2 is 0.635 bits per heavy atom. The van der Waals surface area contributed by atoms with Crippen molar-refractivity contribution in [2.24, 2.45) is 11.3 Å². The first-order chi connectivity index (χ1) is 54.8. The van der Waals surface area contributed by atoms with E-state index < -0.39 is 295 Å². The van der Waals surface area contributed by atoms with Crippen molar-refractivity contribution in [3.8, 4) is 0 Å². The Kier molecular flexibility index (Phi) is 41.9. The fourth-order valence-corrected chi connectivity index (χ4v) is 18.3. The van der Waals surface area contributed by atoms with E-state index in [9.17, 15) is 138 Å². The van der Waals surface area contributed by atoms with Crippen LogP contribution in [0, 0.1) is 11.3 Å². The summed E-state index contributed by atoms with van der Waals surface area (Å²) in [6, 6.07) is 0. The topological polar surface area (TPSA) is 709 Å². The summed E-state index contributed by atoms with van der Waals surface area (Å²) < 4.78 is 87.4. The van der Waals surface area contributed by atoms with E-state index in [-0.39, 0.29) is 100 Å². The van der Waals surface area contributed by atoms with Crippen LogP contribution in [0.25, 0.3) is 0 Å². The van der Waals surface area contributed by atoms with Crippen LogP contribution in [0.4, 0.5) is 0 Å². The van der Waals surface area contributed by atoms with Gasteiger partial charge in [-0.25, -0.2) is 0 Å². The van der Waals surface area contributed by atoms with Crippen LogP contribution in [0.15, 0.2) is 0 Å². The maximum atomic E-state index is 11.3. The second kappa shape index (κ2) is 48.2. The monoisotopic (exact) mass is 1770 g/mol. The van der Waals surface area contributed by atoms with Gasteiger partial charge in [-0.2, -0.15) is 11.8 Å². The van der Waals surface area contributed by atoms with Crippen molar-refractivity contribution in [2.45, 2.75) is 263 Å². The van der Waals surface area contributed by atoms with E-state index >= 15 is 0 Å². The molecule has 0 radical (unpaired) electrons. The Bertz CT molecular complexity index is 2550. The number of ether oxygens (including phenoxy) is 15. The lowest BCUT2D eigenvalue weighted by Crippen LogP contribution is -2.64. The van der Waals surface area contributed by atoms with Gasteiger partial charge < -0.3 is 220 Å². The van der Waals surface area contributed by atoms with Gasteiger partial charge in [0.15, 0.2) is 36.6 Å². The average molecular weight is 1770 g/mol. The SMILES string of the molecule is C[C@H]1C(CSCCNC(=S)NCC(COCCCS[C@@H]2OC(CO)[C@H](O[C@@H]3OC(CO)[C@H](O)[C@H](O)C3O)[C@H](O)C2O)(COCCCS[C@@H]2OC(CO)[C@H](O[C@@H]3OC(CO)[C@H](O)[C@H](O)C3O)[C@H](O)C2O)COCCCS[C@@H]2OC(CO)[C@H](O[C@@H]3OC(CO)[C@H](O)[C@H](O)C3O)[C@H](O)C2O)O[C@@H](O[C@H]2C(CO)O[C@@H](O)C(O)[C@H]2O)C(O)[C@H]1O. The normalized spacial score (nSPS) is 44.7. The summed E-state index contributed by atoms with van der Waals surface area (Å²) in [6.45, 7) is -3.84. The molecule has 0 amide bonds. The first-order valence-corrected chi connectivity index (χ1v) is 42.5. The van der Waals surface area contributed by atoms with E-state index in [2.05, 4.69) is 10.6 Å². The largest absolute Gasteiger partial charge is 0.394 e. The number of aliphatic hydroxyl groups is 27. The van der Waals surface area contributed by atoms with Gasteiger partial charge in [-0.1, -0.05) is 6.92 Å². The quantitative estimate of drug-likeness (QED) is 0.0199. The van der Waals surface area contributed by atoms with Crippen molar-refractivity contribution < 1.29 is 209 Å². The third-order valence-electron chi connectivity index (χ3n) is 20.9. The van der Waals surface area contributed by atoms with Crippen molar-refractivity contribution in [2.75, 3.05) is 128 Å². The maximum absolute atomic E-state index is 11.3. The minimum absolute atomic E-state index is 0.0220. The molecule has 0 aromatic rings. The van der Waals surface area contributed by atoms with E-state index in [1.165, 1.54) is 11.8 Å². The summed E-state index contributed by atoms with van der Waals surface area (Å²) in [5, 5.41) is 291. The molecular weight excluding hydrogens is 1650 g/mol. The summed E-state index contributed by atoms with van der Waals surface area (Å²) in [7, 11) is 0. The van der Waals surface area contributed by atoms with Crippen LogP contribution in [0.1, 0.15) is 26.2 Å². The Balaban J connectivity index is 0.920. The lowest BCUT2D eigenvalue weighted by atomic mass is 9.90. The molecule has 0 saturated carbocycles. The first kappa shape index (κ1) is 99.8. The third kappa shape index (κ3) is 25.8. The molecule has 674 valence electrons.